The molecule has 0 aromatic heterocycles. The number of benzene rings is 2. The van der Waals surface area contributed by atoms with Crippen molar-refractivity contribution in [1.29, 1.82) is 0 Å². The minimum absolute atomic E-state index is 0.316. The summed E-state index contributed by atoms with van der Waals surface area (Å²) in [6, 6.07) is 12.2. The lowest BCUT2D eigenvalue weighted by atomic mass is 10.0. The molecule has 0 saturated carbocycles. The highest BCUT2D eigenvalue weighted by Gasteiger charge is 2.29. The largest absolute Gasteiger partial charge is 0.480 e. The van der Waals surface area contributed by atoms with Gasteiger partial charge in [-0.25, -0.2) is 4.79 Å². The van der Waals surface area contributed by atoms with Crippen LogP contribution in [0.15, 0.2) is 42.5 Å². The molecule has 0 bridgehead atoms. The zero-order valence-corrected chi connectivity index (χ0v) is 14.4. The molecule has 2 rings (SSSR count). The molecule has 0 radical (unpaired) electrons. The maximum Gasteiger partial charge on any atom is 0.326 e. The molecule has 6 heteroatoms. The summed E-state index contributed by atoms with van der Waals surface area (Å²) in [7, 11) is 1.48. The van der Waals surface area contributed by atoms with E-state index in [9.17, 15) is 14.7 Å². The maximum atomic E-state index is 12.5. The Morgan fingerprint density at radius 2 is 1.84 bits per heavy atom. The second-order valence-corrected chi connectivity index (χ2v) is 6.23. The topological polar surface area (TPSA) is 110 Å². The molecule has 0 fully saturated rings. The van der Waals surface area contributed by atoms with Gasteiger partial charge < -0.3 is 21.5 Å². The standard InChI is InChI=1S/C19H25N3O3/c1-22(17(19(24)25)7-4-10-20)18(23)16(21)12-13-8-9-14-5-2-3-6-15(14)11-13/h2-3,5-6,8-9,11,16-17H,4,7,10,12,20-21H2,1H3,(H,24,25)/t16-,17-/m0/s1. The number of hydrogen-bond donors (Lipinski definition) is 3. The molecule has 0 spiro atoms. The minimum atomic E-state index is -1.04. The van der Waals surface area contributed by atoms with Crippen molar-refractivity contribution in [3.63, 3.8) is 0 Å². The Hall–Kier alpha value is -2.44. The van der Waals surface area contributed by atoms with E-state index in [0.717, 1.165) is 16.3 Å². The number of nitrogens with two attached hydrogens (primary N) is 2. The van der Waals surface area contributed by atoms with Crippen molar-refractivity contribution in [3.05, 3.63) is 48.0 Å². The van der Waals surface area contributed by atoms with Gasteiger partial charge in [-0.1, -0.05) is 42.5 Å². The molecule has 5 N–H and O–H groups in total. The van der Waals surface area contributed by atoms with Crippen LogP contribution >= 0.6 is 0 Å². The fraction of sp³-hybridized carbons (Fsp3) is 0.368. The van der Waals surface area contributed by atoms with Gasteiger partial charge in [0.05, 0.1) is 6.04 Å². The van der Waals surface area contributed by atoms with Gasteiger partial charge in [-0.05, 0) is 42.1 Å². The Balaban J connectivity index is 2.08. The smallest absolute Gasteiger partial charge is 0.326 e. The molecule has 134 valence electrons. The molecular formula is C19H25N3O3. The normalized spacial score (nSPS) is 13.4. The first kappa shape index (κ1) is 18.9. The summed E-state index contributed by atoms with van der Waals surface area (Å²) in [5.41, 5.74) is 12.4. The van der Waals surface area contributed by atoms with Gasteiger partial charge in [0, 0.05) is 7.05 Å². The lowest BCUT2D eigenvalue weighted by Crippen LogP contribution is -2.50. The molecule has 2 atom stereocenters. The van der Waals surface area contributed by atoms with Gasteiger partial charge in [-0.3, -0.25) is 4.79 Å². The zero-order chi connectivity index (χ0) is 18.4. The van der Waals surface area contributed by atoms with Crippen LogP contribution in [0, 0.1) is 0 Å². The first-order valence-electron chi connectivity index (χ1n) is 8.37. The first-order valence-corrected chi connectivity index (χ1v) is 8.37. The molecule has 2 aromatic carbocycles. The Morgan fingerprint density at radius 1 is 1.16 bits per heavy atom. The second kappa shape index (κ2) is 8.60. The number of rotatable bonds is 8. The van der Waals surface area contributed by atoms with Gasteiger partial charge in [0.15, 0.2) is 0 Å². The Labute approximate surface area is 147 Å². The average Bonchev–Trinajstić information content (AvgIpc) is 2.60. The van der Waals surface area contributed by atoms with Crippen LogP contribution in [0.2, 0.25) is 0 Å². The summed E-state index contributed by atoms with van der Waals surface area (Å²) in [5, 5.41) is 11.5. The van der Waals surface area contributed by atoms with Gasteiger partial charge in [0.25, 0.3) is 0 Å². The Bertz CT molecular complexity index is 748. The van der Waals surface area contributed by atoms with Crippen LogP contribution in [-0.4, -0.2) is 47.6 Å². The van der Waals surface area contributed by atoms with E-state index in [0.29, 0.717) is 25.8 Å². The molecular weight excluding hydrogens is 318 g/mol. The SMILES string of the molecule is CN(C(=O)[C@@H](N)Cc1ccc2ccccc2c1)[C@@H](CCCN)C(=O)O. The van der Waals surface area contributed by atoms with Crippen LogP contribution < -0.4 is 11.5 Å². The summed E-state index contributed by atoms with van der Waals surface area (Å²) in [6.45, 7) is 0.384. The monoisotopic (exact) mass is 343 g/mol. The quantitative estimate of drug-likeness (QED) is 0.670. The van der Waals surface area contributed by atoms with E-state index in [1.807, 2.05) is 42.5 Å². The summed E-state index contributed by atoms with van der Waals surface area (Å²) >= 11 is 0. The van der Waals surface area contributed by atoms with E-state index in [2.05, 4.69) is 0 Å². The number of fused-ring (bicyclic) bond motifs is 1. The second-order valence-electron chi connectivity index (χ2n) is 6.23. The van der Waals surface area contributed by atoms with Crippen LogP contribution in [-0.2, 0) is 16.0 Å². The summed E-state index contributed by atoms with van der Waals surface area (Å²) < 4.78 is 0. The highest BCUT2D eigenvalue weighted by atomic mass is 16.4. The van der Waals surface area contributed by atoms with E-state index in [1.165, 1.54) is 11.9 Å². The summed E-state index contributed by atoms with van der Waals surface area (Å²) in [6.07, 6.45) is 1.21. The van der Waals surface area contributed by atoms with Crippen molar-refractivity contribution >= 4 is 22.6 Å². The zero-order valence-electron chi connectivity index (χ0n) is 14.4. The van der Waals surface area contributed by atoms with Crippen molar-refractivity contribution in [2.24, 2.45) is 11.5 Å². The van der Waals surface area contributed by atoms with Crippen molar-refractivity contribution < 1.29 is 14.7 Å². The summed E-state index contributed by atoms with van der Waals surface area (Å²) in [4.78, 5) is 25.2. The number of carbonyl (C=O) groups is 2. The highest BCUT2D eigenvalue weighted by molar-refractivity contribution is 5.87. The predicted molar refractivity (Wildman–Crippen MR) is 98.1 cm³/mol. The molecule has 2 aromatic rings. The Kier molecular flexibility index (Phi) is 6.50. The van der Waals surface area contributed by atoms with E-state index in [4.69, 9.17) is 11.5 Å². The fourth-order valence-electron chi connectivity index (χ4n) is 2.92. The first-order chi connectivity index (χ1) is 11.9. The molecule has 0 aliphatic rings. The van der Waals surface area contributed by atoms with Crippen molar-refractivity contribution in [3.8, 4) is 0 Å². The summed E-state index contributed by atoms with van der Waals surface area (Å²) in [5.74, 6) is -1.42. The number of aliphatic carboxylic acids is 1. The predicted octanol–water partition coefficient (Wildman–Crippen LogP) is 1.36. The Morgan fingerprint density at radius 3 is 2.48 bits per heavy atom. The number of carboxylic acids is 1. The van der Waals surface area contributed by atoms with Crippen LogP contribution in [0.4, 0.5) is 0 Å². The number of carboxylic acid groups (broad SMARTS) is 1. The van der Waals surface area contributed by atoms with E-state index in [-0.39, 0.29) is 5.91 Å². The van der Waals surface area contributed by atoms with Crippen LogP contribution in [0.25, 0.3) is 10.8 Å². The number of likely N-dealkylation sites (N-methyl/N-ethyl adjacent to an activating group) is 1. The molecule has 6 nitrogen and oxygen atoms in total. The number of amides is 1. The van der Waals surface area contributed by atoms with Crippen molar-refractivity contribution in [2.45, 2.75) is 31.3 Å². The van der Waals surface area contributed by atoms with Crippen LogP contribution in [0.1, 0.15) is 18.4 Å². The van der Waals surface area contributed by atoms with Crippen molar-refractivity contribution in [1.82, 2.24) is 4.90 Å². The molecule has 1 amide bonds. The maximum absolute atomic E-state index is 12.5. The average molecular weight is 343 g/mol. The van der Waals surface area contributed by atoms with Gasteiger partial charge >= 0.3 is 5.97 Å². The van der Waals surface area contributed by atoms with Gasteiger partial charge in [-0.15, -0.1) is 0 Å². The minimum Gasteiger partial charge on any atom is -0.480 e. The lowest BCUT2D eigenvalue weighted by molar-refractivity contribution is -0.149. The lowest BCUT2D eigenvalue weighted by Gasteiger charge is -2.27. The number of carbonyl (C=O) groups excluding carboxylic acids is 1. The van der Waals surface area contributed by atoms with E-state index >= 15 is 0 Å². The van der Waals surface area contributed by atoms with Crippen LogP contribution in [0.5, 0.6) is 0 Å². The van der Waals surface area contributed by atoms with E-state index < -0.39 is 18.1 Å². The van der Waals surface area contributed by atoms with Gasteiger partial charge in [0.1, 0.15) is 6.04 Å². The molecule has 0 saturated heterocycles. The number of nitrogens with zero attached hydrogens (tertiary/aromatic N) is 1. The molecule has 0 aliphatic heterocycles. The third kappa shape index (κ3) is 4.78. The molecule has 0 aliphatic carbocycles. The van der Waals surface area contributed by atoms with Gasteiger partial charge in [0.2, 0.25) is 5.91 Å². The fourth-order valence-corrected chi connectivity index (χ4v) is 2.92. The van der Waals surface area contributed by atoms with Crippen LogP contribution in [0.3, 0.4) is 0 Å². The van der Waals surface area contributed by atoms with Crippen molar-refractivity contribution in [2.75, 3.05) is 13.6 Å². The highest BCUT2D eigenvalue weighted by Crippen LogP contribution is 2.17. The third-order valence-corrected chi connectivity index (χ3v) is 4.37. The molecule has 0 heterocycles. The van der Waals surface area contributed by atoms with E-state index in [1.54, 1.807) is 0 Å². The molecule has 25 heavy (non-hydrogen) atoms. The molecule has 0 unspecified atom stereocenters. The third-order valence-electron chi connectivity index (χ3n) is 4.37. The van der Waals surface area contributed by atoms with Gasteiger partial charge in [-0.2, -0.15) is 0 Å². The number of hydrogen-bond acceptors (Lipinski definition) is 4.